The zero-order valence-electron chi connectivity index (χ0n) is 6.26. The topological polar surface area (TPSA) is 26.0 Å². The first kappa shape index (κ1) is 9.19. The molecule has 0 aliphatic carbocycles. The summed E-state index contributed by atoms with van der Waals surface area (Å²) in [6, 6.07) is 4.09. The van der Waals surface area contributed by atoms with E-state index >= 15 is 0 Å². The first-order valence-electron chi connectivity index (χ1n) is 3.30. The maximum atomic E-state index is 5.76. The number of anilines is 1. The van der Waals surface area contributed by atoms with Crippen LogP contribution in [0.1, 0.15) is 11.1 Å². The van der Waals surface area contributed by atoms with Crippen LogP contribution in [-0.4, -0.2) is 0 Å². The molecule has 0 fully saturated rings. The summed E-state index contributed by atoms with van der Waals surface area (Å²) in [6.45, 7) is 2.03. The Kier molecular flexibility index (Phi) is 3.06. The second-order valence-corrected chi connectivity index (χ2v) is 3.93. The van der Waals surface area contributed by atoms with Gasteiger partial charge in [-0.25, -0.2) is 0 Å². The van der Waals surface area contributed by atoms with Gasteiger partial charge in [-0.15, -0.1) is 0 Å². The molecule has 3 heteroatoms. The third-order valence-corrected chi connectivity index (χ3v) is 3.11. The van der Waals surface area contributed by atoms with Crippen LogP contribution in [0.25, 0.3) is 0 Å². The first-order chi connectivity index (χ1) is 5.15. The molecule has 0 radical (unpaired) electrons. The quantitative estimate of drug-likeness (QED) is 0.461. The monoisotopic (exact) mass is 279 g/mol. The molecule has 0 atom stereocenters. The largest absolute Gasteiger partial charge is 0.398 e. The number of halogens is 1. The number of nitrogens with two attached hydrogens (primary N) is 1. The molecule has 1 aromatic rings. The Morgan fingerprint density at radius 1 is 1.55 bits per heavy atom. The van der Waals surface area contributed by atoms with Gasteiger partial charge in [0.2, 0.25) is 0 Å². The van der Waals surface area contributed by atoms with Crippen molar-refractivity contribution in [1.29, 1.82) is 0 Å². The van der Waals surface area contributed by atoms with E-state index in [1.807, 2.05) is 13.0 Å². The molecule has 0 aliphatic heterocycles. The summed E-state index contributed by atoms with van der Waals surface area (Å²) in [7, 11) is 0. The van der Waals surface area contributed by atoms with Gasteiger partial charge in [0.1, 0.15) is 0 Å². The van der Waals surface area contributed by atoms with Crippen LogP contribution in [0, 0.1) is 10.5 Å². The Morgan fingerprint density at radius 3 is 2.64 bits per heavy atom. The zero-order chi connectivity index (χ0) is 8.43. The lowest BCUT2D eigenvalue weighted by Gasteiger charge is -2.05. The number of nitrogen functional groups attached to an aromatic ring is 1. The lowest BCUT2D eigenvalue weighted by atomic mass is 10.1. The van der Waals surface area contributed by atoms with Crippen molar-refractivity contribution >= 4 is 40.9 Å². The molecule has 1 rings (SSSR count). The van der Waals surface area contributed by atoms with E-state index in [0.717, 1.165) is 17.0 Å². The summed E-state index contributed by atoms with van der Waals surface area (Å²) >= 11 is 6.46. The second-order valence-electron chi connectivity index (χ2n) is 2.45. The Balaban J connectivity index is 3.21. The van der Waals surface area contributed by atoms with E-state index < -0.39 is 0 Å². The predicted molar refractivity (Wildman–Crippen MR) is 61.0 cm³/mol. The van der Waals surface area contributed by atoms with Gasteiger partial charge in [-0.2, -0.15) is 12.6 Å². The van der Waals surface area contributed by atoms with Gasteiger partial charge in [0, 0.05) is 15.0 Å². The molecule has 0 saturated carbocycles. The van der Waals surface area contributed by atoms with Gasteiger partial charge in [0.15, 0.2) is 0 Å². The van der Waals surface area contributed by atoms with Crippen LogP contribution in [0.15, 0.2) is 12.1 Å². The lowest BCUT2D eigenvalue weighted by molar-refractivity contribution is 1.35. The van der Waals surface area contributed by atoms with E-state index in [1.54, 1.807) is 0 Å². The van der Waals surface area contributed by atoms with E-state index in [4.69, 9.17) is 5.73 Å². The molecule has 0 spiro atoms. The molecule has 1 nitrogen and oxygen atoms in total. The minimum absolute atomic E-state index is 0.750. The fraction of sp³-hybridized carbons (Fsp3) is 0.250. The fourth-order valence-electron chi connectivity index (χ4n) is 0.850. The van der Waals surface area contributed by atoms with Crippen LogP contribution in [0.3, 0.4) is 0 Å². The predicted octanol–water partition coefficient (Wildman–Crippen LogP) is 2.61. The molecule has 1 aromatic carbocycles. The number of rotatable bonds is 1. The summed E-state index contributed by atoms with van der Waals surface area (Å²) in [4.78, 5) is 0. The second kappa shape index (κ2) is 3.67. The molecule has 0 bridgehead atoms. The Bertz CT molecular complexity index is 250. The van der Waals surface area contributed by atoms with Crippen LogP contribution >= 0.6 is 35.2 Å². The first-order valence-corrected chi connectivity index (χ1v) is 5.01. The van der Waals surface area contributed by atoms with E-state index in [1.165, 1.54) is 9.13 Å². The zero-order valence-corrected chi connectivity index (χ0v) is 9.32. The van der Waals surface area contributed by atoms with Gasteiger partial charge >= 0.3 is 0 Å². The molecule has 0 heterocycles. The summed E-state index contributed by atoms with van der Waals surface area (Å²) in [5.41, 5.74) is 8.96. The maximum Gasteiger partial charge on any atom is 0.0357 e. The minimum atomic E-state index is 0.750. The minimum Gasteiger partial charge on any atom is -0.398 e. The van der Waals surface area contributed by atoms with Crippen molar-refractivity contribution in [3.8, 4) is 0 Å². The van der Waals surface area contributed by atoms with E-state index in [-0.39, 0.29) is 0 Å². The van der Waals surface area contributed by atoms with E-state index in [9.17, 15) is 0 Å². The molecule has 0 unspecified atom stereocenters. The van der Waals surface area contributed by atoms with Crippen LogP contribution < -0.4 is 5.73 Å². The SMILES string of the molecule is Cc1c(N)cc(CS)cc1I. The molecule has 0 aromatic heterocycles. The number of hydrogen-bond acceptors (Lipinski definition) is 2. The molecule has 0 saturated heterocycles. The molecule has 2 N–H and O–H groups in total. The highest BCUT2D eigenvalue weighted by Crippen LogP contribution is 2.21. The van der Waals surface area contributed by atoms with Gasteiger partial charge in [0.05, 0.1) is 0 Å². The van der Waals surface area contributed by atoms with E-state index in [2.05, 4.69) is 41.3 Å². The van der Waals surface area contributed by atoms with Crippen molar-refractivity contribution in [1.82, 2.24) is 0 Å². The maximum absolute atomic E-state index is 5.76. The third-order valence-electron chi connectivity index (χ3n) is 1.63. The highest BCUT2D eigenvalue weighted by molar-refractivity contribution is 14.1. The average molecular weight is 279 g/mol. The van der Waals surface area contributed by atoms with Crippen LogP contribution in [0.5, 0.6) is 0 Å². The molecule has 0 aliphatic rings. The van der Waals surface area contributed by atoms with Crippen molar-refractivity contribution in [2.75, 3.05) is 5.73 Å². The van der Waals surface area contributed by atoms with Gasteiger partial charge in [0.25, 0.3) is 0 Å². The van der Waals surface area contributed by atoms with E-state index in [0.29, 0.717) is 0 Å². The van der Waals surface area contributed by atoms with Crippen molar-refractivity contribution in [3.63, 3.8) is 0 Å². The molecule has 0 amide bonds. The lowest BCUT2D eigenvalue weighted by Crippen LogP contribution is -1.94. The van der Waals surface area contributed by atoms with Gasteiger partial charge in [-0.05, 0) is 52.8 Å². The smallest absolute Gasteiger partial charge is 0.0357 e. The van der Waals surface area contributed by atoms with Crippen molar-refractivity contribution < 1.29 is 0 Å². The number of benzene rings is 1. The Morgan fingerprint density at radius 2 is 2.18 bits per heavy atom. The number of hydrogen-bond donors (Lipinski definition) is 2. The standard InChI is InChI=1S/C8H10INS/c1-5-7(9)2-6(4-11)3-8(5)10/h2-3,11H,4,10H2,1H3. The third kappa shape index (κ3) is 2.02. The fourth-order valence-corrected chi connectivity index (χ4v) is 1.74. The van der Waals surface area contributed by atoms with Gasteiger partial charge < -0.3 is 5.73 Å². The summed E-state index contributed by atoms with van der Waals surface area (Å²) in [5.74, 6) is 0.750. The average Bonchev–Trinajstić information content (AvgIpc) is 1.99. The Hall–Kier alpha value is 0.1000. The van der Waals surface area contributed by atoms with Crippen molar-refractivity contribution in [2.24, 2.45) is 0 Å². The van der Waals surface area contributed by atoms with Crippen molar-refractivity contribution in [2.45, 2.75) is 12.7 Å². The Labute approximate surface area is 85.9 Å². The van der Waals surface area contributed by atoms with Gasteiger partial charge in [-0.1, -0.05) is 0 Å². The van der Waals surface area contributed by atoms with Crippen LogP contribution in [-0.2, 0) is 5.75 Å². The van der Waals surface area contributed by atoms with Crippen molar-refractivity contribution in [3.05, 3.63) is 26.8 Å². The highest BCUT2D eigenvalue weighted by Gasteiger charge is 2.00. The molecule has 11 heavy (non-hydrogen) atoms. The summed E-state index contributed by atoms with van der Waals surface area (Å²) < 4.78 is 1.21. The summed E-state index contributed by atoms with van der Waals surface area (Å²) in [6.07, 6.45) is 0. The highest BCUT2D eigenvalue weighted by atomic mass is 127. The molecular weight excluding hydrogens is 269 g/mol. The van der Waals surface area contributed by atoms with Crippen LogP contribution in [0.4, 0.5) is 5.69 Å². The summed E-state index contributed by atoms with van der Waals surface area (Å²) in [5, 5.41) is 0. The van der Waals surface area contributed by atoms with Crippen LogP contribution in [0.2, 0.25) is 0 Å². The van der Waals surface area contributed by atoms with Gasteiger partial charge in [-0.3, -0.25) is 0 Å². The normalized spacial score (nSPS) is 10.1. The molecular formula is C8H10INS. The number of thiol groups is 1. The molecule has 60 valence electrons.